The Hall–Kier alpha value is -1.83. The smallest absolute Gasteiger partial charge is 0.306 e. The zero-order chi connectivity index (χ0) is 15.4. The number of nitrogens with one attached hydrogen (secondary N) is 1. The molecule has 0 saturated carbocycles. The van der Waals surface area contributed by atoms with Crippen LogP contribution in [0.2, 0.25) is 0 Å². The normalized spacial score (nSPS) is 14.5. The topological polar surface area (TPSA) is 101 Å². The van der Waals surface area contributed by atoms with Gasteiger partial charge in [0.05, 0.1) is 5.92 Å². The van der Waals surface area contributed by atoms with Crippen LogP contribution >= 0.6 is 11.8 Å². The minimum atomic E-state index is -0.847. The first-order valence-electron chi connectivity index (χ1n) is 6.74. The van der Waals surface area contributed by atoms with Crippen molar-refractivity contribution in [1.82, 2.24) is 14.9 Å². The van der Waals surface area contributed by atoms with Crippen molar-refractivity contribution in [1.29, 1.82) is 0 Å². The molecular weight excluding hydrogens is 294 g/mol. The quantitative estimate of drug-likeness (QED) is 0.588. The lowest BCUT2D eigenvalue weighted by Crippen LogP contribution is -2.34. The molecule has 0 radical (unpaired) electrons. The second-order valence-corrected chi connectivity index (χ2v) is 5.96. The minimum Gasteiger partial charge on any atom is -0.481 e. The van der Waals surface area contributed by atoms with Crippen molar-refractivity contribution in [2.24, 2.45) is 5.92 Å². The van der Waals surface area contributed by atoms with Crippen LogP contribution in [-0.2, 0) is 11.3 Å². The van der Waals surface area contributed by atoms with Crippen LogP contribution in [0.1, 0.15) is 30.1 Å². The van der Waals surface area contributed by atoms with Gasteiger partial charge < -0.3 is 10.4 Å². The van der Waals surface area contributed by atoms with E-state index in [0.717, 1.165) is 5.75 Å². The van der Waals surface area contributed by atoms with E-state index in [1.807, 2.05) is 0 Å². The van der Waals surface area contributed by atoms with E-state index in [1.165, 1.54) is 22.5 Å². The number of nitrogens with zero attached hydrogens (tertiary/aromatic N) is 2. The second kappa shape index (κ2) is 6.75. The molecule has 7 nitrogen and oxygen atoms in total. The lowest BCUT2D eigenvalue weighted by molar-refractivity contribution is -0.141. The predicted octanol–water partition coefficient (Wildman–Crippen LogP) is 0.580. The molecule has 0 saturated heterocycles. The number of hydrogen-bond donors (Lipinski definition) is 2. The molecule has 0 bridgehead atoms. The van der Waals surface area contributed by atoms with E-state index in [2.05, 4.69) is 10.3 Å². The van der Waals surface area contributed by atoms with Crippen LogP contribution in [0.3, 0.4) is 0 Å². The number of aromatic nitrogens is 2. The summed E-state index contributed by atoms with van der Waals surface area (Å²) in [6.07, 6.45) is 2.34. The molecule has 2 heterocycles. The molecule has 1 unspecified atom stereocenters. The highest BCUT2D eigenvalue weighted by Crippen LogP contribution is 2.20. The Morgan fingerprint density at radius 2 is 2.33 bits per heavy atom. The lowest BCUT2D eigenvalue weighted by Gasteiger charge is -2.08. The first-order chi connectivity index (χ1) is 10.0. The molecule has 0 aromatic carbocycles. The Labute approximate surface area is 125 Å². The summed E-state index contributed by atoms with van der Waals surface area (Å²) < 4.78 is 1.51. The highest BCUT2D eigenvalue weighted by atomic mass is 32.2. The van der Waals surface area contributed by atoms with Crippen LogP contribution in [0.15, 0.2) is 16.1 Å². The summed E-state index contributed by atoms with van der Waals surface area (Å²) in [5.74, 6) is -0.950. The Bertz CT molecular complexity index is 614. The number of thioether (sulfide) groups is 1. The first kappa shape index (κ1) is 15.6. The van der Waals surface area contributed by atoms with Crippen molar-refractivity contribution < 1.29 is 14.7 Å². The average molecular weight is 311 g/mol. The van der Waals surface area contributed by atoms with Crippen molar-refractivity contribution in [2.75, 3.05) is 12.3 Å². The fraction of sp³-hybridized carbons (Fsp3) is 0.538. The highest BCUT2D eigenvalue weighted by Gasteiger charge is 2.19. The zero-order valence-electron chi connectivity index (χ0n) is 11.7. The van der Waals surface area contributed by atoms with Crippen molar-refractivity contribution in [2.45, 2.75) is 31.5 Å². The molecule has 21 heavy (non-hydrogen) atoms. The van der Waals surface area contributed by atoms with E-state index in [0.29, 0.717) is 31.1 Å². The molecule has 0 spiro atoms. The van der Waals surface area contributed by atoms with Gasteiger partial charge in [-0.05, 0) is 12.8 Å². The van der Waals surface area contributed by atoms with Crippen LogP contribution in [-0.4, -0.2) is 38.8 Å². The van der Waals surface area contributed by atoms with Crippen LogP contribution in [0.4, 0.5) is 0 Å². The number of hydrogen-bond acceptors (Lipinski definition) is 5. The van der Waals surface area contributed by atoms with Gasteiger partial charge in [0.15, 0.2) is 5.16 Å². The van der Waals surface area contributed by atoms with Gasteiger partial charge in [-0.1, -0.05) is 18.7 Å². The molecule has 2 rings (SSSR count). The van der Waals surface area contributed by atoms with Gasteiger partial charge in [-0.3, -0.25) is 19.0 Å². The number of carbonyl (C=O) groups excluding carboxylic acids is 1. The van der Waals surface area contributed by atoms with Gasteiger partial charge in [-0.25, -0.2) is 4.98 Å². The molecule has 1 aliphatic heterocycles. The fourth-order valence-corrected chi connectivity index (χ4v) is 2.92. The van der Waals surface area contributed by atoms with Gasteiger partial charge in [-0.15, -0.1) is 0 Å². The van der Waals surface area contributed by atoms with Crippen LogP contribution in [0, 0.1) is 5.92 Å². The van der Waals surface area contributed by atoms with Gasteiger partial charge >= 0.3 is 5.97 Å². The molecule has 2 N–H and O–H groups in total. The maximum absolute atomic E-state index is 12.1. The maximum atomic E-state index is 12.1. The summed E-state index contributed by atoms with van der Waals surface area (Å²) in [6, 6.07) is 0. The number of rotatable bonds is 6. The fourth-order valence-electron chi connectivity index (χ4n) is 2.00. The van der Waals surface area contributed by atoms with E-state index in [-0.39, 0.29) is 11.1 Å². The van der Waals surface area contributed by atoms with Crippen molar-refractivity contribution >= 4 is 23.6 Å². The lowest BCUT2D eigenvalue weighted by atomic mass is 10.1. The molecule has 8 heteroatoms. The monoisotopic (exact) mass is 311 g/mol. The summed E-state index contributed by atoms with van der Waals surface area (Å²) in [4.78, 5) is 38.8. The van der Waals surface area contributed by atoms with Crippen LogP contribution in [0.25, 0.3) is 0 Å². The van der Waals surface area contributed by atoms with E-state index >= 15 is 0 Å². The minimum absolute atomic E-state index is 0.0348. The molecule has 114 valence electrons. The number of aliphatic carboxylic acids is 1. The first-order valence-corrected chi connectivity index (χ1v) is 7.73. The third kappa shape index (κ3) is 3.63. The Kier molecular flexibility index (Phi) is 5.00. The molecule has 1 aromatic heterocycles. The molecule has 1 atom stereocenters. The number of amides is 1. The van der Waals surface area contributed by atoms with E-state index in [1.54, 1.807) is 6.92 Å². The van der Waals surface area contributed by atoms with Crippen molar-refractivity contribution in [3.05, 3.63) is 22.1 Å². The maximum Gasteiger partial charge on any atom is 0.306 e. The predicted molar refractivity (Wildman–Crippen MR) is 77.6 cm³/mol. The number of carboxylic acids is 1. The van der Waals surface area contributed by atoms with Crippen LogP contribution < -0.4 is 10.9 Å². The van der Waals surface area contributed by atoms with Gasteiger partial charge in [0.2, 0.25) is 0 Å². The molecule has 0 aliphatic carbocycles. The zero-order valence-corrected chi connectivity index (χ0v) is 12.5. The van der Waals surface area contributed by atoms with E-state index in [9.17, 15) is 14.4 Å². The third-order valence-corrected chi connectivity index (χ3v) is 4.29. The number of fused-ring (bicyclic) bond motifs is 1. The largest absolute Gasteiger partial charge is 0.481 e. The van der Waals surface area contributed by atoms with Gasteiger partial charge in [0, 0.05) is 25.0 Å². The summed E-state index contributed by atoms with van der Waals surface area (Å²) in [6.45, 7) is 2.54. The summed E-state index contributed by atoms with van der Waals surface area (Å²) in [5.41, 5.74) is -0.283. The van der Waals surface area contributed by atoms with Gasteiger partial charge in [0.25, 0.3) is 11.5 Å². The number of carbonyl (C=O) groups is 2. The standard InChI is InChI=1S/C13H17N3O4S/c1-8(12(19)20)3-2-4-14-10(17)9-7-15-13-16(11(9)18)5-6-21-13/h7-8H,2-6H2,1H3,(H,14,17)(H,19,20). The van der Waals surface area contributed by atoms with E-state index in [4.69, 9.17) is 5.11 Å². The summed E-state index contributed by atoms with van der Waals surface area (Å²) >= 11 is 1.49. The molecular formula is C13H17N3O4S. The van der Waals surface area contributed by atoms with Gasteiger partial charge in [0.1, 0.15) is 5.56 Å². The SMILES string of the molecule is CC(CCCNC(=O)c1cnc2n(c1=O)CCS2)C(=O)O. The van der Waals surface area contributed by atoms with Crippen molar-refractivity contribution in [3.63, 3.8) is 0 Å². The van der Waals surface area contributed by atoms with Crippen LogP contribution in [0.5, 0.6) is 0 Å². The molecule has 1 amide bonds. The Morgan fingerprint density at radius 1 is 1.57 bits per heavy atom. The Balaban J connectivity index is 1.90. The van der Waals surface area contributed by atoms with E-state index < -0.39 is 17.8 Å². The molecule has 0 fully saturated rings. The van der Waals surface area contributed by atoms with Crippen molar-refractivity contribution in [3.8, 4) is 0 Å². The summed E-state index contributed by atoms with van der Waals surface area (Å²) in [5, 5.41) is 12.0. The molecule has 1 aromatic rings. The highest BCUT2D eigenvalue weighted by molar-refractivity contribution is 7.99. The third-order valence-electron chi connectivity index (χ3n) is 3.32. The average Bonchev–Trinajstić information content (AvgIpc) is 2.92. The molecule has 1 aliphatic rings. The Morgan fingerprint density at radius 3 is 3.05 bits per heavy atom. The summed E-state index contributed by atoms with van der Waals surface area (Å²) in [7, 11) is 0. The number of carboxylic acid groups (broad SMARTS) is 1. The van der Waals surface area contributed by atoms with Gasteiger partial charge in [-0.2, -0.15) is 0 Å². The second-order valence-electron chi connectivity index (χ2n) is 4.90.